The first-order valence-electron chi connectivity index (χ1n) is 14.1. The van der Waals surface area contributed by atoms with Crippen molar-refractivity contribution in [1.82, 2.24) is 14.4 Å². The van der Waals surface area contributed by atoms with Crippen LogP contribution in [0, 0.1) is 0 Å². The third kappa shape index (κ3) is 6.07. The van der Waals surface area contributed by atoms with Crippen LogP contribution in [0.2, 0.25) is 0 Å². The fourth-order valence-electron chi connectivity index (χ4n) is 4.81. The number of unbranched alkanes of at least 4 members (excludes halogenated alkanes) is 2. The minimum Gasteiger partial charge on any atom is -0.491 e. The average molecular weight is 658 g/mol. The van der Waals surface area contributed by atoms with E-state index in [2.05, 4.69) is 9.98 Å². The molecule has 1 aromatic heterocycles. The number of imidazole rings is 1. The van der Waals surface area contributed by atoms with Crippen LogP contribution in [0.3, 0.4) is 0 Å². The molecule has 0 atom stereocenters. The van der Waals surface area contributed by atoms with Crippen LogP contribution in [-0.2, 0) is 13.6 Å². The second-order valence-corrected chi connectivity index (χ2v) is 10.4. The molecule has 3 aliphatic rings. The number of allylic oxidation sites excluding steroid dienone is 10. The molecule has 0 saturated heterocycles. The maximum Gasteiger partial charge on any atom is 0.360 e. The highest BCUT2D eigenvalue weighted by molar-refractivity contribution is 6.18. The Kier molecular flexibility index (Phi) is 10.2. The number of aliphatic imine (C=N–C) groups is 2. The lowest BCUT2D eigenvalue weighted by atomic mass is 9.93. The quantitative estimate of drug-likeness (QED) is 0.181. The molecule has 1 aliphatic heterocycles. The van der Waals surface area contributed by atoms with Gasteiger partial charge in [0.15, 0.2) is 52.4 Å². The van der Waals surface area contributed by atoms with Gasteiger partial charge in [0.05, 0.1) is 24.7 Å². The van der Waals surface area contributed by atoms with Gasteiger partial charge < -0.3 is 14.9 Å². The number of carbonyl (C=O) groups excluding carboxylic acids is 1. The highest BCUT2D eigenvalue weighted by atomic mass is 19.2. The van der Waals surface area contributed by atoms with Gasteiger partial charge in [-0.05, 0) is 12.8 Å². The van der Waals surface area contributed by atoms with E-state index in [-0.39, 0.29) is 11.6 Å². The Hall–Kier alpha value is -4.76. The molecule has 246 valence electrons. The van der Waals surface area contributed by atoms with Gasteiger partial charge >= 0.3 is 11.7 Å². The molecule has 4 rings (SSSR count). The van der Waals surface area contributed by atoms with Gasteiger partial charge in [-0.2, -0.15) is 4.99 Å². The molecule has 0 spiro atoms. The number of carbonyl (C=O) groups is 1. The minimum atomic E-state index is -2.48. The second kappa shape index (κ2) is 13.7. The second-order valence-electron chi connectivity index (χ2n) is 10.4. The average Bonchev–Trinajstić information content (AvgIpc) is 3.59. The van der Waals surface area contributed by atoms with E-state index in [1.807, 2.05) is 13.8 Å². The van der Waals surface area contributed by atoms with E-state index in [9.17, 15) is 9.90 Å². The predicted octanol–water partition coefficient (Wildman–Crippen LogP) is 7.26. The van der Waals surface area contributed by atoms with Crippen LogP contribution in [0.4, 0.5) is 35.1 Å². The normalized spacial score (nSPS) is 18.7. The molecule has 46 heavy (non-hydrogen) atoms. The van der Waals surface area contributed by atoms with Crippen molar-refractivity contribution in [3.63, 3.8) is 0 Å². The molecule has 0 bridgehead atoms. The molecule has 0 saturated carbocycles. The summed E-state index contributed by atoms with van der Waals surface area (Å²) in [6.45, 7) is 4.40. The van der Waals surface area contributed by atoms with Crippen molar-refractivity contribution in [2.75, 3.05) is 13.6 Å². The Balaban J connectivity index is 1.81. The number of hydrogen-bond donors (Lipinski definition) is 1. The van der Waals surface area contributed by atoms with E-state index in [0.717, 1.165) is 12.8 Å². The molecule has 0 aromatic carbocycles. The van der Waals surface area contributed by atoms with Crippen molar-refractivity contribution in [2.24, 2.45) is 17.0 Å². The van der Waals surface area contributed by atoms with Gasteiger partial charge in [-0.1, -0.05) is 26.7 Å². The summed E-state index contributed by atoms with van der Waals surface area (Å²) in [5.74, 6) is -21.9. The standard InChI is InChI=1S/C30H28F8N6O2/c1-5-7-9-43-13-11-41(3)29(43)27(45)39-25-21(35)17(31)15(18(32)22(25)36)16-19(33)23(37)26(24(38)20(16)34)40-28(46)30-42(4)12-14-44(30)10-8-6-2/h11-14H,5-10H2,1-4H3/p+1. The van der Waals surface area contributed by atoms with Crippen LogP contribution in [-0.4, -0.2) is 50.4 Å². The topological polar surface area (TPSA) is 77.3 Å². The summed E-state index contributed by atoms with van der Waals surface area (Å²) in [6, 6.07) is 0. The maximum atomic E-state index is 15.2. The van der Waals surface area contributed by atoms with Crippen LogP contribution >= 0.6 is 0 Å². The number of nitrogens with zero attached hydrogens (tertiary/aromatic N) is 6. The number of aromatic nitrogens is 2. The summed E-state index contributed by atoms with van der Waals surface area (Å²) >= 11 is 0. The van der Waals surface area contributed by atoms with Crippen LogP contribution in [0.1, 0.15) is 50.1 Å². The first-order chi connectivity index (χ1) is 21.8. The van der Waals surface area contributed by atoms with Gasteiger partial charge in [0.2, 0.25) is 0 Å². The SMILES string of the molecule is CCCCN1C=CN(C)C1=C(O)N=C1C(F)=C(F)C(=C2C(F)=C(F)C(=NC(=O)c3n(CCCC)cc[n+]3C)C(F)=C2F)C(F)=C1F. The fraction of sp³-hybridized carbons (Fsp3) is 0.333. The van der Waals surface area contributed by atoms with E-state index in [4.69, 9.17) is 0 Å². The largest absolute Gasteiger partial charge is 0.491 e. The van der Waals surface area contributed by atoms with Gasteiger partial charge in [0.1, 0.15) is 23.8 Å². The minimum absolute atomic E-state index is 0.0986. The van der Waals surface area contributed by atoms with E-state index >= 15 is 35.1 Å². The molecule has 2 aliphatic carbocycles. The van der Waals surface area contributed by atoms with E-state index < -0.39 is 81.0 Å². The van der Waals surface area contributed by atoms with Gasteiger partial charge in [-0.25, -0.2) is 49.2 Å². The van der Waals surface area contributed by atoms with Gasteiger partial charge in [0, 0.05) is 26.0 Å². The van der Waals surface area contributed by atoms with Crippen LogP contribution in [0.5, 0.6) is 0 Å². The predicted molar refractivity (Wildman–Crippen MR) is 152 cm³/mol. The van der Waals surface area contributed by atoms with E-state index in [1.54, 1.807) is 0 Å². The van der Waals surface area contributed by atoms with Gasteiger partial charge in [-0.3, -0.25) is 4.79 Å². The van der Waals surface area contributed by atoms with Gasteiger partial charge in [0.25, 0.3) is 5.88 Å². The smallest absolute Gasteiger partial charge is 0.360 e. The number of amides is 1. The third-order valence-corrected chi connectivity index (χ3v) is 7.21. The van der Waals surface area contributed by atoms with Crippen LogP contribution < -0.4 is 4.57 Å². The zero-order valence-corrected chi connectivity index (χ0v) is 25.1. The summed E-state index contributed by atoms with van der Waals surface area (Å²) in [6.07, 6.45) is 8.59. The molecule has 0 fully saturated rings. The van der Waals surface area contributed by atoms with Gasteiger partial charge in [-0.15, -0.1) is 0 Å². The zero-order valence-electron chi connectivity index (χ0n) is 25.1. The summed E-state index contributed by atoms with van der Waals surface area (Å²) in [7, 11) is 2.86. The van der Waals surface area contributed by atoms with Crippen molar-refractivity contribution in [3.8, 4) is 0 Å². The Labute approximate surface area is 258 Å². The summed E-state index contributed by atoms with van der Waals surface area (Å²) in [4.78, 5) is 22.0. The Bertz CT molecular complexity index is 1700. The molecule has 1 aromatic rings. The summed E-state index contributed by atoms with van der Waals surface area (Å²) < 4.78 is 124. The van der Waals surface area contributed by atoms with Crippen LogP contribution in [0.25, 0.3) is 0 Å². The number of rotatable bonds is 8. The molecular weight excluding hydrogens is 628 g/mol. The number of aliphatic hydroxyl groups excluding tert-OH is 1. The monoisotopic (exact) mass is 657 g/mol. The molecule has 2 heterocycles. The van der Waals surface area contributed by atoms with E-state index in [1.165, 1.54) is 57.8 Å². The number of aliphatic hydroxyl groups is 1. The van der Waals surface area contributed by atoms with Crippen molar-refractivity contribution in [3.05, 3.63) is 100 Å². The molecule has 8 nitrogen and oxygen atoms in total. The molecular formula is C30H29F8N6O2+. The molecule has 0 unspecified atom stereocenters. The first-order valence-corrected chi connectivity index (χ1v) is 14.1. The van der Waals surface area contributed by atoms with Crippen molar-refractivity contribution in [1.29, 1.82) is 0 Å². The number of aryl methyl sites for hydroxylation is 2. The number of hydrogen-bond acceptors (Lipinski definition) is 5. The highest BCUT2D eigenvalue weighted by Crippen LogP contribution is 2.46. The Morgan fingerprint density at radius 1 is 0.761 bits per heavy atom. The third-order valence-electron chi connectivity index (χ3n) is 7.21. The molecule has 1 N–H and O–H groups in total. The molecule has 16 heteroatoms. The lowest BCUT2D eigenvalue weighted by Crippen LogP contribution is -2.35. The zero-order chi connectivity index (χ0) is 34.0. The Morgan fingerprint density at radius 3 is 1.74 bits per heavy atom. The molecule has 0 radical (unpaired) electrons. The summed E-state index contributed by atoms with van der Waals surface area (Å²) in [5, 5.41) is 10.5. The first kappa shape index (κ1) is 34.1. The Morgan fingerprint density at radius 2 is 1.24 bits per heavy atom. The summed E-state index contributed by atoms with van der Waals surface area (Å²) in [5.41, 5.74) is -7.74. The highest BCUT2D eigenvalue weighted by Gasteiger charge is 2.42. The molecule has 1 amide bonds. The van der Waals surface area contributed by atoms with Crippen LogP contribution in [0.15, 0.2) is 104 Å². The van der Waals surface area contributed by atoms with E-state index in [0.29, 0.717) is 25.9 Å². The fourth-order valence-corrected chi connectivity index (χ4v) is 4.81. The van der Waals surface area contributed by atoms with Crippen molar-refractivity contribution in [2.45, 2.75) is 46.1 Å². The maximum absolute atomic E-state index is 15.2. The lowest BCUT2D eigenvalue weighted by molar-refractivity contribution is -0.673. The lowest BCUT2D eigenvalue weighted by Gasteiger charge is -2.22. The number of halogens is 8. The van der Waals surface area contributed by atoms with Crippen molar-refractivity contribution >= 4 is 17.3 Å². The van der Waals surface area contributed by atoms with Crippen molar-refractivity contribution < 1.29 is 49.6 Å².